The molecule has 27 heavy (non-hydrogen) atoms. The molecule has 8 nitrogen and oxygen atoms in total. The molecule has 0 spiro atoms. The number of sulfonamides is 1. The van der Waals surface area contributed by atoms with Gasteiger partial charge in [-0.25, -0.2) is 8.42 Å². The molecule has 1 amide bonds. The molecule has 1 saturated heterocycles. The molecular formula is C17H16ClN3O5S. The first-order valence-corrected chi connectivity index (χ1v) is 10.0. The van der Waals surface area contributed by atoms with Crippen molar-refractivity contribution in [3.63, 3.8) is 0 Å². The van der Waals surface area contributed by atoms with Gasteiger partial charge in [0.05, 0.1) is 26.9 Å². The number of nitro groups is 1. The molecule has 10 heteroatoms. The molecule has 142 valence electrons. The van der Waals surface area contributed by atoms with Crippen LogP contribution >= 0.6 is 11.6 Å². The lowest BCUT2D eigenvalue weighted by Crippen LogP contribution is -2.25. The fourth-order valence-electron chi connectivity index (χ4n) is 2.82. The monoisotopic (exact) mass is 409 g/mol. The van der Waals surface area contributed by atoms with Gasteiger partial charge in [0.25, 0.3) is 11.6 Å². The second-order valence-corrected chi connectivity index (χ2v) is 8.54. The van der Waals surface area contributed by atoms with Crippen molar-refractivity contribution in [3.05, 3.63) is 62.7 Å². The largest absolute Gasteiger partial charge is 0.322 e. The number of nitro benzene ring substituents is 1. The lowest BCUT2D eigenvalue weighted by atomic mass is 10.1. The summed E-state index contributed by atoms with van der Waals surface area (Å²) in [5.74, 6) is -0.528. The summed E-state index contributed by atoms with van der Waals surface area (Å²) in [5.41, 5.74) is 1.29. The number of rotatable bonds is 4. The summed E-state index contributed by atoms with van der Waals surface area (Å²) in [6.45, 7) is 2.14. The van der Waals surface area contributed by atoms with Gasteiger partial charge in [-0.05, 0) is 37.1 Å². The minimum Gasteiger partial charge on any atom is -0.322 e. The summed E-state index contributed by atoms with van der Waals surface area (Å²) >= 11 is 6.00. The zero-order chi connectivity index (χ0) is 19.8. The molecule has 0 bridgehead atoms. The number of anilines is 2. The van der Waals surface area contributed by atoms with Gasteiger partial charge in [0.15, 0.2) is 0 Å². The van der Waals surface area contributed by atoms with Crippen LogP contribution in [-0.2, 0) is 10.0 Å². The highest BCUT2D eigenvalue weighted by atomic mass is 35.5. The lowest BCUT2D eigenvalue weighted by molar-refractivity contribution is -0.384. The molecule has 0 aliphatic carbocycles. The molecule has 3 rings (SSSR count). The Morgan fingerprint density at radius 3 is 2.63 bits per heavy atom. The smallest absolute Gasteiger partial charge is 0.270 e. The fraction of sp³-hybridized carbons (Fsp3) is 0.235. The predicted molar refractivity (Wildman–Crippen MR) is 103 cm³/mol. The number of non-ortho nitro benzene ring substituents is 1. The molecule has 0 atom stereocenters. The molecule has 0 saturated carbocycles. The van der Waals surface area contributed by atoms with Crippen molar-refractivity contribution in [2.45, 2.75) is 13.3 Å². The van der Waals surface area contributed by atoms with Crippen LogP contribution in [0.5, 0.6) is 0 Å². The van der Waals surface area contributed by atoms with E-state index in [0.717, 1.165) is 6.07 Å². The maximum Gasteiger partial charge on any atom is 0.270 e. The SMILES string of the molecule is Cc1ccc(N2CCCS2(=O)=O)cc1NC(=O)c1cc([N+](=O)[O-])ccc1Cl. The van der Waals surface area contributed by atoms with Crippen LogP contribution in [0.3, 0.4) is 0 Å². The summed E-state index contributed by atoms with van der Waals surface area (Å²) < 4.78 is 25.5. The number of nitrogens with zero attached hydrogens (tertiary/aromatic N) is 2. The average Bonchev–Trinajstić information content (AvgIpc) is 2.96. The van der Waals surface area contributed by atoms with Crippen LogP contribution in [0.15, 0.2) is 36.4 Å². The van der Waals surface area contributed by atoms with Crippen molar-refractivity contribution in [2.24, 2.45) is 0 Å². The van der Waals surface area contributed by atoms with Gasteiger partial charge in [-0.15, -0.1) is 0 Å². The number of carbonyl (C=O) groups is 1. The van der Waals surface area contributed by atoms with E-state index >= 15 is 0 Å². The summed E-state index contributed by atoms with van der Waals surface area (Å²) in [6, 6.07) is 8.54. The van der Waals surface area contributed by atoms with Crippen molar-refractivity contribution in [3.8, 4) is 0 Å². The Balaban J connectivity index is 1.92. The summed E-state index contributed by atoms with van der Waals surface area (Å²) in [5, 5.41) is 13.7. The van der Waals surface area contributed by atoms with E-state index in [1.54, 1.807) is 25.1 Å². The first kappa shape index (κ1) is 19.1. The third-order valence-corrected chi connectivity index (χ3v) is 6.46. The maximum absolute atomic E-state index is 12.6. The van der Waals surface area contributed by atoms with E-state index in [9.17, 15) is 23.3 Å². The van der Waals surface area contributed by atoms with Crippen molar-refractivity contribution in [2.75, 3.05) is 21.9 Å². The standard InChI is InChI=1S/C17H16ClN3O5S/c1-11-3-4-12(20-7-2-8-27(20,25)26)10-16(11)19-17(22)14-9-13(21(23)24)5-6-15(14)18/h3-6,9-10H,2,7-8H2,1H3,(H,19,22). The van der Waals surface area contributed by atoms with Gasteiger partial charge < -0.3 is 5.32 Å². The fourth-order valence-corrected chi connectivity index (χ4v) is 4.58. The Labute approximate surface area is 160 Å². The Morgan fingerprint density at radius 1 is 1.26 bits per heavy atom. The van der Waals surface area contributed by atoms with Gasteiger partial charge in [0.2, 0.25) is 10.0 Å². The van der Waals surface area contributed by atoms with Crippen LogP contribution in [0.25, 0.3) is 0 Å². The predicted octanol–water partition coefficient (Wildman–Crippen LogP) is 3.35. The zero-order valence-corrected chi connectivity index (χ0v) is 15.9. The number of halogens is 1. The van der Waals surface area contributed by atoms with Gasteiger partial charge >= 0.3 is 0 Å². The first-order chi connectivity index (χ1) is 12.7. The highest BCUT2D eigenvalue weighted by Gasteiger charge is 2.28. The van der Waals surface area contributed by atoms with Crippen LogP contribution in [0.1, 0.15) is 22.3 Å². The number of amides is 1. The maximum atomic E-state index is 12.6. The van der Waals surface area contributed by atoms with E-state index in [2.05, 4.69) is 5.32 Å². The van der Waals surface area contributed by atoms with Crippen molar-refractivity contribution in [1.82, 2.24) is 0 Å². The number of benzene rings is 2. The summed E-state index contributed by atoms with van der Waals surface area (Å²) in [6.07, 6.45) is 0.543. The second kappa shape index (κ2) is 7.16. The van der Waals surface area contributed by atoms with Gasteiger partial charge in [-0.1, -0.05) is 17.7 Å². The molecule has 1 heterocycles. The van der Waals surface area contributed by atoms with Crippen molar-refractivity contribution in [1.29, 1.82) is 0 Å². The van der Waals surface area contributed by atoms with Crippen molar-refractivity contribution >= 4 is 44.6 Å². The van der Waals surface area contributed by atoms with Gasteiger partial charge in [-0.2, -0.15) is 0 Å². The van der Waals surface area contributed by atoms with Crippen molar-refractivity contribution < 1.29 is 18.1 Å². The van der Waals surface area contributed by atoms with Crippen LogP contribution < -0.4 is 9.62 Å². The molecule has 0 aromatic heterocycles. The molecule has 1 aliphatic rings. The first-order valence-electron chi connectivity index (χ1n) is 8.05. The summed E-state index contributed by atoms with van der Waals surface area (Å²) in [4.78, 5) is 22.9. The number of carbonyl (C=O) groups excluding carboxylic acids is 1. The average molecular weight is 410 g/mol. The molecule has 1 fully saturated rings. The second-order valence-electron chi connectivity index (χ2n) is 6.12. The Morgan fingerprint density at radius 2 is 2.00 bits per heavy atom. The van der Waals surface area contributed by atoms with Gasteiger partial charge in [0.1, 0.15) is 0 Å². The Hall–Kier alpha value is -2.65. The Bertz CT molecular complexity index is 1040. The molecule has 1 aliphatic heterocycles. The van der Waals surface area contributed by atoms with Crippen LogP contribution in [0.4, 0.5) is 17.1 Å². The molecule has 2 aromatic rings. The van der Waals surface area contributed by atoms with Crippen LogP contribution in [0, 0.1) is 17.0 Å². The highest BCUT2D eigenvalue weighted by molar-refractivity contribution is 7.93. The minimum absolute atomic E-state index is 0.0375. The van der Waals surface area contributed by atoms with Crippen LogP contribution in [-0.4, -0.2) is 31.5 Å². The third kappa shape index (κ3) is 3.88. The molecule has 2 aromatic carbocycles. The van der Waals surface area contributed by atoms with E-state index in [1.807, 2.05) is 0 Å². The third-order valence-electron chi connectivity index (χ3n) is 4.26. The minimum atomic E-state index is -3.35. The van der Waals surface area contributed by atoms with E-state index < -0.39 is 20.9 Å². The molecular weight excluding hydrogens is 394 g/mol. The van der Waals surface area contributed by atoms with Crippen LogP contribution in [0.2, 0.25) is 5.02 Å². The van der Waals surface area contributed by atoms with E-state index in [4.69, 9.17) is 11.6 Å². The number of hydrogen-bond acceptors (Lipinski definition) is 5. The normalized spacial score (nSPS) is 15.6. The zero-order valence-electron chi connectivity index (χ0n) is 14.3. The molecule has 0 unspecified atom stereocenters. The number of hydrogen-bond donors (Lipinski definition) is 1. The molecule has 1 N–H and O–H groups in total. The quantitative estimate of drug-likeness (QED) is 0.615. The van der Waals surface area contributed by atoms with E-state index in [-0.39, 0.29) is 22.0 Å². The highest BCUT2D eigenvalue weighted by Crippen LogP contribution is 2.29. The van der Waals surface area contributed by atoms with Gasteiger partial charge in [0, 0.05) is 24.4 Å². The van der Waals surface area contributed by atoms with E-state index in [0.29, 0.717) is 29.9 Å². The Kier molecular flexibility index (Phi) is 5.07. The lowest BCUT2D eigenvalue weighted by Gasteiger charge is -2.19. The number of aryl methyl sites for hydroxylation is 1. The van der Waals surface area contributed by atoms with E-state index in [1.165, 1.54) is 16.4 Å². The molecule has 0 radical (unpaired) electrons. The van der Waals surface area contributed by atoms with Gasteiger partial charge in [-0.3, -0.25) is 19.2 Å². The topological polar surface area (TPSA) is 110 Å². The number of nitrogens with one attached hydrogen (secondary N) is 1. The summed E-state index contributed by atoms with van der Waals surface area (Å²) in [7, 11) is -3.35.